The molecule has 0 fully saturated rings. The minimum absolute atomic E-state index is 0.205. The summed E-state index contributed by atoms with van der Waals surface area (Å²) in [5.74, 6) is 2.09. The zero-order chi connectivity index (χ0) is 15.1. The Balaban J connectivity index is 1.76. The van der Waals surface area contributed by atoms with Crippen molar-refractivity contribution in [2.75, 3.05) is 43.2 Å². The predicted molar refractivity (Wildman–Crippen MR) is 83.6 cm³/mol. The summed E-state index contributed by atoms with van der Waals surface area (Å²) >= 11 is 0. The number of benzene rings is 1. The summed E-state index contributed by atoms with van der Waals surface area (Å²) in [6, 6.07) is 9.72. The molecule has 0 aliphatic carbocycles. The molecule has 0 saturated heterocycles. The van der Waals surface area contributed by atoms with E-state index in [0.717, 1.165) is 12.2 Å². The first-order valence-corrected chi connectivity index (χ1v) is 6.76. The molecule has 1 aromatic carbocycles. The molecule has 0 atom stereocenters. The molecule has 2 aromatic rings. The van der Waals surface area contributed by atoms with E-state index in [4.69, 9.17) is 10.5 Å². The first kappa shape index (κ1) is 14.8. The number of ether oxygens (including phenoxy) is 1. The number of nitrogen functional groups attached to an aromatic ring is 1. The molecule has 0 bridgehead atoms. The van der Waals surface area contributed by atoms with Gasteiger partial charge >= 0.3 is 0 Å². The van der Waals surface area contributed by atoms with Crippen LogP contribution in [-0.2, 0) is 0 Å². The average molecular weight is 288 g/mol. The Morgan fingerprint density at radius 1 is 1.14 bits per heavy atom. The summed E-state index contributed by atoms with van der Waals surface area (Å²) in [6.45, 7) is 1.32. The van der Waals surface area contributed by atoms with E-state index in [1.165, 1.54) is 0 Å². The molecule has 7 heteroatoms. The Kier molecular flexibility index (Phi) is 5.14. The maximum atomic E-state index is 5.65. The highest BCUT2D eigenvalue weighted by Gasteiger charge is 2.05. The van der Waals surface area contributed by atoms with E-state index >= 15 is 0 Å². The molecule has 0 radical (unpaired) electrons. The van der Waals surface area contributed by atoms with Gasteiger partial charge in [0.05, 0.1) is 6.61 Å². The summed E-state index contributed by atoms with van der Waals surface area (Å²) in [4.78, 5) is 14.1. The van der Waals surface area contributed by atoms with E-state index in [2.05, 4.69) is 20.3 Å². The third-order valence-corrected chi connectivity index (χ3v) is 2.66. The maximum absolute atomic E-state index is 5.65. The van der Waals surface area contributed by atoms with Crippen molar-refractivity contribution in [3.8, 4) is 5.75 Å². The SMILES string of the molecule is CN(C)c1nc(N)nc(NCCCOc2ccccc2)n1. The summed E-state index contributed by atoms with van der Waals surface area (Å²) < 4.78 is 5.60. The molecule has 1 heterocycles. The predicted octanol–water partition coefficient (Wildman–Crippen LogP) is 1.40. The van der Waals surface area contributed by atoms with Gasteiger partial charge in [-0.25, -0.2) is 0 Å². The second-order valence-electron chi connectivity index (χ2n) is 4.65. The lowest BCUT2D eigenvalue weighted by atomic mass is 10.3. The Morgan fingerprint density at radius 2 is 1.90 bits per heavy atom. The van der Waals surface area contributed by atoms with Gasteiger partial charge in [-0.1, -0.05) is 18.2 Å². The van der Waals surface area contributed by atoms with Crippen molar-refractivity contribution in [3.05, 3.63) is 30.3 Å². The molecule has 112 valence electrons. The number of anilines is 3. The van der Waals surface area contributed by atoms with Gasteiger partial charge in [0.2, 0.25) is 17.8 Å². The first-order chi connectivity index (χ1) is 10.1. The molecule has 0 unspecified atom stereocenters. The molecule has 0 amide bonds. The summed E-state index contributed by atoms with van der Waals surface area (Å²) in [7, 11) is 3.71. The van der Waals surface area contributed by atoms with Crippen LogP contribution in [-0.4, -0.2) is 42.2 Å². The number of para-hydroxylation sites is 1. The monoisotopic (exact) mass is 288 g/mol. The molecule has 0 spiro atoms. The van der Waals surface area contributed by atoms with Crippen LogP contribution in [0.25, 0.3) is 0 Å². The van der Waals surface area contributed by atoms with Crippen molar-refractivity contribution in [2.24, 2.45) is 0 Å². The Morgan fingerprint density at radius 3 is 2.62 bits per heavy atom. The van der Waals surface area contributed by atoms with E-state index in [1.807, 2.05) is 44.4 Å². The van der Waals surface area contributed by atoms with Crippen LogP contribution in [0.4, 0.5) is 17.8 Å². The minimum Gasteiger partial charge on any atom is -0.494 e. The van der Waals surface area contributed by atoms with Crippen LogP contribution >= 0.6 is 0 Å². The lowest BCUT2D eigenvalue weighted by molar-refractivity contribution is 0.315. The van der Waals surface area contributed by atoms with Gasteiger partial charge in [0.25, 0.3) is 0 Å². The molecule has 0 aliphatic heterocycles. The summed E-state index contributed by atoms with van der Waals surface area (Å²) in [6.07, 6.45) is 0.831. The van der Waals surface area contributed by atoms with E-state index in [-0.39, 0.29) is 5.95 Å². The zero-order valence-electron chi connectivity index (χ0n) is 12.3. The zero-order valence-corrected chi connectivity index (χ0v) is 12.3. The van der Waals surface area contributed by atoms with Gasteiger partial charge in [0.15, 0.2) is 0 Å². The Bertz CT molecular complexity index is 561. The highest BCUT2D eigenvalue weighted by atomic mass is 16.5. The van der Waals surface area contributed by atoms with Crippen molar-refractivity contribution in [1.29, 1.82) is 0 Å². The fraction of sp³-hybridized carbons (Fsp3) is 0.357. The summed E-state index contributed by atoms with van der Waals surface area (Å²) in [5.41, 5.74) is 5.65. The van der Waals surface area contributed by atoms with Crippen LogP contribution in [0.1, 0.15) is 6.42 Å². The molecule has 7 nitrogen and oxygen atoms in total. The number of hydrogen-bond donors (Lipinski definition) is 2. The Hall–Kier alpha value is -2.57. The van der Waals surface area contributed by atoms with E-state index in [9.17, 15) is 0 Å². The van der Waals surface area contributed by atoms with Gasteiger partial charge in [-0.05, 0) is 18.6 Å². The lowest BCUT2D eigenvalue weighted by Gasteiger charge is -2.12. The second-order valence-corrected chi connectivity index (χ2v) is 4.65. The first-order valence-electron chi connectivity index (χ1n) is 6.76. The molecule has 1 aromatic heterocycles. The van der Waals surface area contributed by atoms with Gasteiger partial charge in [-0.2, -0.15) is 15.0 Å². The normalized spacial score (nSPS) is 10.2. The molecule has 0 saturated carbocycles. The lowest BCUT2D eigenvalue weighted by Crippen LogP contribution is -2.17. The molecule has 21 heavy (non-hydrogen) atoms. The number of rotatable bonds is 7. The van der Waals surface area contributed by atoms with Crippen molar-refractivity contribution < 1.29 is 4.74 Å². The maximum Gasteiger partial charge on any atom is 0.231 e. The van der Waals surface area contributed by atoms with Crippen molar-refractivity contribution in [2.45, 2.75) is 6.42 Å². The van der Waals surface area contributed by atoms with E-state index in [1.54, 1.807) is 4.90 Å². The number of nitrogens with two attached hydrogens (primary N) is 1. The molecular formula is C14H20N6O. The third kappa shape index (κ3) is 4.79. The highest BCUT2D eigenvalue weighted by molar-refractivity contribution is 5.40. The largest absolute Gasteiger partial charge is 0.494 e. The van der Waals surface area contributed by atoms with Crippen molar-refractivity contribution in [3.63, 3.8) is 0 Å². The standard InChI is InChI=1S/C14H20N6O/c1-20(2)14-18-12(15)17-13(19-14)16-9-6-10-21-11-7-4-3-5-8-11/h3-5,7-8H,6,9-10H2,1-2H3,(H3,15,16,17,18,19). The minimum atomic E-state index is 0.205. The molecule has 2 rings (SSSR count). The third-order valence-electron chi connectivity index (χ3n) is 2.66. The van der Waals surface area contributed by atoms with Crippen LogP contribution < -0.4 is 20.7 Å². The number of aromatic nitrogens is 3. The molecular weight excluding hydrogens is 268 g/mol. The van der Waals surface area contributed by atoms with Crippen LogP contribution in [0.15, 0.2) is 30.3 Å². The highest BCUT2D eigenvalue weighted by Crippen LogP contribution is 2.10. The quantitative estimate of drug-likeness (QED) is 0.744. The van der Waals surface area contributed by atoms with Crippen LogP contribution in [0, 0.1) is 0 Å². The van der Waals surface area contributed by atoms with E-state index < -0.39 is 0 Å². The van der Waals surface area contributed by atoms with Crippen LogP contribution in [0.2, 0.25) is 0 Å². The number of nitrogens with one attached hydrogen (secondary N) is 1. The number of hydrogen-bond acceptors (Lipinski definition) is 7. The fourth-order valence-electron chi connectivity index (χ4n) is 1.64. The van der Waals surface area contributed by atoms with Crippen LogP contribution in [0.3, 0.4) is 0 Å². The summed E-state index contributed by atoms with van der Waals surface area (Å²) in [5, 5.41) is 3.12. The topological polar surface area (TPSA) is 89.2 Å². The van der Waals surface area contributed by atoms with Crippen LogP contribution in [0.5, 0.6) is 5.75 Å². The van der Waals surface area contributed by atoms with Gasteiger partial charge < -0.3 is 20.7 Å². The smallest absolute Gasteiger partial charge is 0.231 e. The second kappa shape index (κ2) is 7.28. The Labute approximate surface area is 124 Å². The van der Waals surface area contributed by atoms with Gasteiger partial charge in [-0.3, -0.25) is 0 Å². The van der Waals surface area contributed by atoms with Gasteiger partial charge in [0.1, 0.15) is 5.75 Å². The van der Waals surface area contributed by atoms with Crippen molar-refractivity contribution >= 4 is 17.8 Å². The average Bonchev–Trinajstić information content (AvgIpc) is 2.47. The van der Waals surface area contributed by atoms with Crippen molar-refractivity contribution in [1.82, 2.24) is 15.0 Å². The number of nitrogens with zero attached hydrogens (tertiary/aromatic N) is 4. The fourth-order valence-corrected chi connectivity index (χ4v) is 1.64. The molecule has 0 aliphatic rings. The van der Waals surface area contributed by atoms with E-state index in [0.29, 0.717) is 25.0 Å². The van der Waals surface area contributed by atoms with Gasteiger partial charge in [-0.15, -0.1) is 0 Å². The van der Waals surface area contributed by atoms with Gasteiger partial charge in [0, 0.05) is 20.6 Å². The molecule has 3 N–H and O–H groups in total.